The second kappa shape index (κ2) is 8.55. The maximum absolute atomic E-state index is 13.4. The Morgan fingerprint density at radius 2 is 1.84 bits per heavy atom. The van der Waals surface area contributed by atoms with Crippen LogP contribution >= 0.6 is 11.8 Å². The Bertz CT molecular complexity index is 1480. The van der Waals surface area contributed by atoms with Gasteiger partial charge >= 0.3 is 5.69 Å². The van der Waals surface area contributed by atoms with Crippen molar-refractivity contribution < 1.29 is 17.6 Å². The van der Waals surface area contributed by atoms with E-state index in [2.05, 4.69) is 15.5 Å². The first-order valence-corrected chi connectivity index (χ1v) is 11.9. The number of aromatic nitrogens is 4. The van der Waals surface area contributed by atoms with E-state index in [0.29, 0.717) is 15.6 Å². The molecule has 0 spiro atoms. The van der Waals surface area contributed by atoms with Gasteiger partial charge in [0.15, 0.2) is 15.5 Å². The highest BCUT2D eigenvalue weighted by Gasteiger charge is 2.14. The highest BCUT2D eigenvalue weighted by molar-refractivity contribution is 7.99. The summed E-state index contributed by atoms with van der Waals surface area (Å²) in [5.41, 5.74) is 0.0271. The zero-order valence-corrected chi connectivity index (χ0v) is 18.2. The number of sulfone groups is 1. The van der Waals surface area contributed by atoms with Crippen molar-refractivity contribution in [2.24, 2.45) is 0 Å². The lowest BCUT2D eigenvalue weighted by atomic mass is 10.3. The van der Waals surface area contributed by atoms with E-state index < -0.39 is 21.4 Å². The molecule has 164 valence electrons. The standard InChI is InChI=1S/C20H16FN5O4S2/c1-32(29,30)16-7-5-14(6-8-16)22-18(27)12-25-20(28)26-17(23-25)9-10-19(24-26)31-15-4-2-3-13(21)11-15/h2-11H,12H2,1H3,(H,22,27). The number of anilines is 1. The van der Waals surface area contributed by atoms with Crippen LogP contribution in [0.15, 0.2) is 80.3 Å². The first-order valence-electron chi connectivity index (χ1n) is 9.19. The van der Waals surface area contributed by atoms with E-state index in [4.69, 9.17) is 0 Å². The van der Waals surface area contributed by atoms with E-state index in [1.54, 1.807) is 24.3 Å². The van der Waals surface area contributed by atoms with Crippen LogP contribution in [0.1, 0.15) is 0 Å². The van der Waals surface area contributed by atoms with Gasteiger partial charge in [0, 0.05) is 16.8 Å². The van der Waals surface area contributed by atoms with E-state index >= 15 is 0 Å². The molecule has 4 aromatic rings. The number of halogens is 1. The van der Waals surface area contributed by atoms with Gasteiger partial charge in [-0.3, -0.25) is 4.79 Å². The van der Waals surface area contributed by atoms with E-state index in [1.165, 1.54) is 48.2 Å². The van der Waals surface area contributed by atoms with Crippen molar-refractivity contribution in [3.05, 3.63) is 77.0 Å². The fraction of sp³-hybridized carbons (Fsp3) is 0.100. The van der Waals surface area contributed by atoms with Crippen molar-refractivity contribution in [3.63, 3.8) is 0 Å². The van der Waals surface area contributed by atoms with Crippen molar-refractivity contribution in [2.75, 3.05) is 11.6 Å². The van der Waals surface area contributed by atoms with Crippen LogP contribution in [0.4, 0.5) is 10.1 Å². The van der Waals surface area contributed by atoms with Crippen LogP contribution in [0.5, 0.6) is 0 Å². The minimum atomic E-state index is -3.34. The molecule has 12 heteroatoms. The summed E-state index contributed by atoms with van der Waals surface area (Å²) < 4.78 is 38.4. The predicted octanol–water partition coefficient (Wildman–Crippen LogP) is 2.22. The quantitative estimate of drug-likeness (QED) is 0.457. The molecule has 0 radical (unpaired) electrons. The molecule has 4 rings (SSSR count). The minimum Gasteiger partial charge on any atom is -0.324 e. The monoisotopic (exact) mass is 473 g/mol. The van der Waals surface area contributed by atoms with Crippen LogP contribution in [0.2, 0.25) is 0 Å². The van der Waals surface area contributed by atoms with Gasteiger partial charge in [0.05, 0.1) is 4.90 Å². The molecule has 32 heavy (non-hydrogen) atoms. The molecule has 9 nitrogen and oxygen atoms in total. The topological polar surface area (TPSA) is 115 Å². The average molecular weight is 474 g/mol. The Labute approximate surface area is 185 Å². The number of rotatable bonds is 6. The number of benzene rings is 2. The van der Waals surface area contributed by atoms with Crippen LogP contribution in [0, 0.1) is 5.82 Å². The number of nitrogens with one attached hydrogen (secondary N) is 1. The van der Waals surface area contributed by atoms with E-state index in [-0.39, 0.29) is 22.9 Å². The predicted molar refractivity (Wildman–Crippen MR) is 116 cm³/mol. The molecule has 2 aromatic carbocycles. The van der Waals surface area contributed by atoms with Gasteiger partial charge < -0.3 is 5.32 Å². The lowest BCUT2D eigenvalue weighted by molar-refractivity contribution is -0.117. The largest absolute Gasteiger partial charge is 0.367 e. The Kier molecular flexibility index (Phi) is 5.80. The van der Waals surface area contributed by atoms with Gasteiger partial charge in [0.1, 0.15) is 17.4 Å². The van der Waals surface area contributed by atoms with Gasteiger partial charge in [-0.2, -0.15) is 9.61 Å². The second-order valence-corrected chi connectivity index (χ2v) is 9.90. The highest BCUT2D eigenvalue weighted by Crippen LogP contribution is 2.26. The normalized spacial score (nSPS) is 11.6. The maximum Gasteiger partial charge on any atom is 0.367 e. The molecule has 0 atom stereocenters. The molecule has 0 aliphatic heterocycles. The van der Waals surface area contributed by atoms with Crippen LogP contribution in [-0.4, -0.2) is 40.0 Å². The molecule has 0 bridgehead atoms. The summed E-state index contributed by atoms with van der Waals surface area (Å²) in [4.78, 5) is 25.7. The Balaban J connectivity index is 1.50. The number of hydrogen-bond acceptors (Lipinski definition) is 7. The van der Waals surface area contributed by atoms with Crippen molar-refractivity contribution >= 4 is 38.8 Å². The Morgan fingerprint density at radius 3 is 2.53 bits per heavy atom. The van der Waals surface area contributed by atoms with Crippen LogP contribution in [-0.2, 0) is 21.2 Å². The van der Waals surface area contributed by atoms with Crippen molar-refractivity contribution in [1.29, 1.82) is 0 Å². The summed E-state index contributed by atoms with van der Waals surface area (Å²) in [6.07, 6.45) is 1.09. The zero-order chi connectivity index (χ0) is 22.9. The maximum atomic E-state index is 13.4. The van der Waals surface area contributed by atoms with E-state index in [0.717, 1.165) is 15.5 Å². The molecular weight excluding hydrogens is 457 g/mol. The third-order valence-corrected chi connectivity index (χ3v) is 6.34. The SMILES string of the molecule is CS(=O)(=O)c1ccc(NC(=O)Cn2nc3ccc(Sc4cccc(F)c4)nn3c2=O)cc1. The number of amides is 1. The molecule has 1 amide bonds. The summed E-state index contributed by atoms with van der Waals surface area (Å²) in [6.45, 7) is -0.359. The summed E-state index contributed by atoms with van der Waals surface area (Å²) in [7, 11) is -3.34. The van der Waals surface area contributed by atoms with E-state index in [1.807, 2.05) is 0 Å². The van der Waals surface area contributed by atoms with Gasteiger partial charge in [-0.05, 0) is 54.6 Å². The third-order valence-electron chi connectivity index (χ3n) is 4.29. The Hall–Kier alpha value is -3.51. The average Bonchev–Trinajstić information content (AvgIpc) is 3.03. The molecule has 2 aromatic heterocycles. The zero-order valence-electron chi connectivity index (χ0n) is 16.6. The number of carbonyl (C=O) groups is 1. The smallest absolute Gasteiger partial charge is 0.324 e. The van der Waals surface area contributed by atoms with Gasteiger partial charge in [0.25, 0.3) is 0 Å². The third kappa shape index (κ3) is 4.86. The molecule has 0 fully saturated rings. The van der Waals surface area contributed by atoms with Gasteiger partial charge in [-0.25, -0.2) is 22.3 Å². The highest BCUT2D eigenvalue weighted by atomic mass is 32.2. The lowest BCUT2D eigenvalue weighted by Crippen LogP contribution is -2.28. The number of hydrogen-bond donors (Lipinski definition) is 1. The fourth-order valence-electron chi connectivity index (χ4n) is 2.82. The van der Waals surface area contributed by atoms with Crippen molar-refractivity contribution in [1.82, 2.24) is 19.4 Å². The van der Waals surface area contributed by atoms with Crippen molar-refractivity contribution in [2.45, 2.75) is 21.4 Å². The first-order chi connectivity index (χ1) is 15.2. The number of nitrogens with zero attached hydrogens (tertiary/aromatic N) is 4. The molecule has 0 saturated carbocycles. The summed E-state index contributed by atoms with van der Waals surface area (Å²) in [5.74, 6) is -0.894. The molecule has 0 aliphatic rings. The fourth-order valence-corrected chi connectivity index (χ4v) is 4.27. The molecule has 0 aliphatic carbocycles. The molecular formula is C20H16FN5O4S2. The second-order valence-electron chi connectivity index (χ2n) is 6.79. The summed E-state index contributed by atoms with van der Waals surface area (Å²) in [6, 6.07) is 14.9. The summed E-state index contributed by atoms with van der Waals surface area (Å²) >= 11 is 1.18. The van der Waals surface area contributed by atoms with Gasteiger partial charge in [0.2, 0.25) is 5.91 Å². The van der Waals surface area contributed by atoms with Crippen molar-refractivity contribution in [3.8, 4) is 0 Å². The van der Waals surface area contributed by atoms with Gasteiger partial charge in [-0.15, -0.1) is 5.10 Å². The Morgan fingerprint density at radius 1 is 1.09 bits per heavy atom. The number of fused-ring (bicyclic) bond motifs is 1. The van der Waals surface area contributed by atoms with Gasteiger partial charge in [-0.1, -0.05) is 17.8 Å². The molecule has 2 heterocycles. The minimum absolute atomic E-state index is 0.130. The lowest BCUT2D eigenvalue weighted by Gasteiger charge is -2.05. The summed E-state index contributed by atoms with van der Waals surface area (Å²) in [5, 5.41) is 11.4. The van der Waals surface area contributed by atoms with Crippen LogP contribution in [0.25, 0.3) is 5.65 Å². The molecule has 1 N–H and O–H groups in total. The van der Waals surface area contributed by atoms with Crippen LogP contribution < -0.4 is 11.0 Å². The molecule has 0 unspecified atom stereocenters. The van der Waals surface area contributed by atoms with E-state index in [9.17, 15) is 22.4 Å². The first kappa shape index (κ1) is 21.7. The van der Waals surface area contributed by atoms with Crippen LogP contribution in [0.3, 0.4) is 0 Å². The number of carbonyl (C=O) groups excluding carboxylic acids is 1. The molecule has 0 saturated heterocycles.